The Balaban J connectivity index is 1.39. The van der Waals surface area contributed by atoms with Gasteiger partial charge in [-0.25, -0.2) is 0 Å². The Morgan fingerprint density at radius 3 is 2.26 bits per heavy atom. The maximum atomic E-state index is 14.4. The topological polar surface area (TPSA) is 44.8 Å². The fraction of sp³-hybridized carbons (Fsp3) is 0.567. The van der Waals surface area contributed by atoms with Gasteiger partial charge in [-0.2, -0.15) is 0 Å². The van der Waals surface area contributed by atoms with Gasteiger partial charge in [0.1, 0.15) is 17.0 Å². The van der Waals surface area contributed by atoms with Gasteiger partial charge in [0.05, 0.1) is 7.11 Å². The fourth-order valence-electron chi connectivity index (χ4n) is 6.68. The average molecular weight is 474 g/mol. The molecule has 4 aliphatic rings. The van der Waals surface area contributed by atoms with Gasteiger partial charge in [0.2, 0.25) is 5.91 Å². The minimum Gasteiger partial charge on any atom is -0.497 e. The summed E-state index contributed by atoms with van der Waals surface area (Å²) in [4.78, 5) is 19.2. The molecule has 1 N–H and O–H groups in total. The lowest BCUT2D eigenvalue weighted by Gasteiger charge is -2.46. The molecule has 1 spiro atoms. The molecule has 5 nitrogen and oxygen atoms in total. The number of piperidine rings is 1. The van der Waals surface area contributed by atoms with Crippen molar-refractivity contribution in [1.29, 1.82) is 0 Å². The van der Waals surface area contributed by atoms with Crippen molar-refractivity contribution in [3.63, 3.8) is 0 Å². The molecule has 2 saturated heterocycles. The smallest absolute Gasteiger partial charge is 0.245 e. The standard InChI is InChI=1S/C30H39N3O2/c1-32-29(16-18-31-19-17-29)28(34)33(20-15-22-5-13-27(35-2)14-6-22)30(32,21-23-3-4-23)26-11-9-25(10-12-26)24-7-8-24/h5-6,9-14,23-24,31H,3-4,7-8,15-21H2,1-2H3. The van der Waals surface area contributed by atoms with Gasteiger partial charge in [-0.05, 0) is 99.3 Å². The van der Waals surface area contributed by atoms with E-state index in [1.807, 2.05) is 12.1 Å². The lowest BCUT2D eigenvalue weighted by Crippen LogP contribution is -2.57. The van der Waals surface area contributed by atoms with E-state index >= 15 is 0 Å². The summed E-state index contributed by atoms with van der Waals surface area (Å²) in [6.07, 6.45) is 8.85. The summed E-state index contributed by atoms with van der Waals surface area (Å²) in [5.74, 6) is 2.65. The van der Waals surface area contributed by atoms with Crippen molar-refractivity contribution in [3.05, 3.63) is 65.2 Å². The fourth-order valence-corrected chi connectivity index (χ4v) is 6.68. The molecule has 2 aromatic rings. The third kappa shape index (κ3) is 3.97. The first-order valence-corrected chi connectivity index (χ1v) is 13.6. The molecule has 0 aromatic heterocycles. The summed E-state index contributed by atoms with van der Waals surface area (Å²) in [6, 6.07) is 17.7. The third-order valence-corrected chi connectivity index (χ3v) is 9.19. The Kier molecular flexibility index (Phi) is 5.89. The number of ether oxygens (including phenoxy) is 1. The van der Waals surface area contributed by atoms with Crippen LogP contribution >= 0.6 is 0 Å². The molecule has 0 radical (unpaired) electrons. The van der Waals surface area contributed by atoms with E-state index < -0.39 is 5.54 Å². The Hall–Kier alpha value is -2.37. The SMILES string of the molecule is COc1ccc(CCN2C(=O)C3(CCNCC3)N(C)C2(CC2CC2)c2ccc(C3CC3)cc2)cc1. The van der Waals surface area contributed by atoms with Gasteiger partial charge in [0.25, 0.3) is 0 Å². The Morgan fingerprint density at radius 1 is 0.971 bits per heavy atom. The summed E-state index contributed by atoms with van der Waals surface area (Å²) >= 11 is 0. The van der Waals surface area contributed by atoms with Gasteiger partial charge in [-0.1, -0.05) is 49.2 Å². The lowest BCUT2D eigenvalue weighted by atomic mass is 9.84. The Bertz CT molecular complexity index is 1050. The van der Waals surface area contributed by atoms with Crippen molar-refractivity contribution >= 4 is 5.91 Å². The molecule has 35 heavy (non-hydrogen) atoms. The molecule has 186 valence electrons. The van der Waals surface area contributed by atoms with E-state index in [0.29, 0.717) is 11.8 Å². The van der Waals surface area contributed by atoms with E-state index in [-0.39, 0.29) is 5.66 Å². The zero-order chi connectivity index (χ0) is 24.0. The maximum absolute atomic E-state index is 14.4. The van der Waals surface area contributed by atoms with E-state index in [2.05, 4.69) is 58.6 Å². The van der Waals surface area contributed by atoms with E-state index in [4.69, 9.17) is 4.74 Å². The van der Waals surface area contributed by atoms with Crippen LogP contribution in [0.4, 0.5) is 0 Å². The number of hydrogen-bond acceptors (Lipinski definition) is 4. The van der Waals surface area contributed by atoms with Crippen LogP contribution in [0.3, 0.4) is 0 Å². The number of carbonyl (C=O) groups excluding carboxylic acids is 1. The van der Waals surface area contributed by atoms with Crippen molar-refractivity contribution < 1.29 is 9.53 Å². The molecule has 6 rings (SSSR count). The molecular weight excluding hydrogens is 434 g/mol. The number of amides is 1. The highest BCUT2D eigenvalue weighted by atomic mass is 16.5. The number of nitrogens with zero attached hydrogens (tertiary/aromatic N) is 2. The van der Waals surface area contributed by atoms with Crippen molar-refractivity contribution in [2.24, 2.45) is 5.92 Å². The summed E-state index contributed by atoms with van der Waals surface area (Å²) in [6.45, 7) is 2.55. The average Bonchev–Trinajstić information content (AvgIpc) is 3.83. The maximum Gasteiger partial charge on any atom is 0.245 e. The number of methoxy groups -OCH3 is 1. The molecule has 1 atom stereocenters. The molecule has 1 amide bonds. The summed E-state index contributed by atoms with van der Waals surface area (Å²) in [7, 11) is 3.95. The number of benzene rings is 2. The molecule has 4 fully saturated rings. The minimum absolute atomic E-state index is 0.335. The van der Waals surface area contributed by atoms with Crippen LogP contribution in [0.1, 0.15) is 67.6 Å². The largest absolute Gasteiger partial charge is 0.497 e. The van der Waals surface area contributed by atoms with Crippen LogP contribution in [0.5, 0.6) is 5.75 Å². The van der Waals surface area contributed by atoms with Gasteiger partial charge < -0.3 is 15.0 Å². The molecular formula is C30H39N3O2. The molecule has 2 aliphatic heterocycles. The summed E-state index contributed by atoms with van der Waals surface area (Å²) in [5, 5.41) is 3.50. The van der Waals surface area contributed by atoms with Gasteiger partial charge in [0, 0.05) is 6.54 Å². The quantitative estimate of drug-likeness (QED) is 0.606. The molecule has 5 heteroatoms. The summed E-state index contributed by atoms with van der Waals surface area (Å²) in [5.41, 5.74) is 3.23. The van der Waals surface area contributed by atoms with Gasteiger partial charge in [-0.3, -0.25) is 9.69 Å². The van der Waals surface area contributed by atoms with Crippen LogP contribution in [-0.4, -0.2) is 55.0 Å². The zero-order valence-electron chi connectivity index (χ0n) is 21.3. The second-order valence-corrected chi connectivity index (χ2v) is 11.3. The molecule has 1 unspecified atom stereocenters. The molecule has 2 aliphatic carbocycles. The number of hydrogen-bond donors (Lipinski definition) is 1. The highest BCUT2D eigenvalue weighted by molar-refractivity contribution is 5.90. The van der Waals surface area contributed by atoms with Crippen LogP contribution in [0.25, 0.3) is 0 Å². The number of nitrogens with one attached hydrogen (secondary N) is 1. The van der Waals surface area contributed by atoms with Gasteiger partial charge in [0.15, 0.2) is 0 Å². The number of likely N-dealkylation sites (N-methyl/N-ethyl adjacent to an activating group) is 1. The van der Waals surface area contributed by atoms with Gasteiger partial charge >= 0.3 is 0 Å². The minimum atomic E-state index is -0.408. The summed E-state index contributed by atoms with van der Waals surface area (Å²) < 4.78 is 5.35. The van der Waals surface area contributed by atoms with Crippen LogP contribution in [0.15, 0.2) is 48.5 Å². The molecule has 2 heterocycles. The molecule has 2 saturated carbocycles. The third-order valence-electron chi connectivity index (χ3n) is 9.19. The highest BCUT2D eigenvalue weighted by Gasteiger charge is 2.64. The molecule has 0 bridgehead atoms. The van der Waals surface area contributed by atoms with Crippen LogP contribution in [0.2, 0.25) is 0 Å². The first-order chi connectivity index (χ1) is 17.1. The lowest BCUT2D eigenvalue weighted by molar-refractivity contribution is -0.136. The van der Waals surface area contributed by atoms with Crippen LogP contribution in [-0.2, 0) is 16.9 Å². The van der Waals surface area contributed by atoms with E-state index in [9.17, 15) is 4.79 Å². The van der Waals surface area contributed by atoms with Crippen LogP contribution < -0.4 is 10.1 Å². The Labute approximate surface area is 209 Å². The first kappa shape index (κ1) is 23.1. The Morgan fingerprint density at radius 2 is 1.66 bits per heavy atom. The van der Waals surface area contributed by atoms with E-state index in [1.165, 1.54) is 42.4 Å². The van der Waals surface area contributed by atoms with Crippen molar-refractivity contribution in [2.45, 2.75) is 68.5 Å². The van der Waals surface area contributed by atoms with E-state index in [0.717, 1.165) is 57.0 Å². The van der Waals surface area contributed by atoms with Crippen LogP contribution in [0, 0.1) is 5.92 Å². The second-order valence-electron chi connectivity index (χ2n) is 11.3. The predicted octanol–water partition coefficient (Wildman–Crippen LogP) is 4.66. The molecule has 2 aromatic carbocycles. The second kappa shape index (κ2) is 8.94. The number of carbonyl (C=O) groups is 1. The normalized spacial score (nSPS) is 26.5. The highest BCUT2D eigenvalue weighted by Crippen LogP contribution is 2.54. The van der Waals surface area contributed by atoms with Crippen molar-refractivity contribution in [3.8, 4) is 5.75 Å². The first-order valence-electron chi connectivity index (χ1n) is 13.6. The predicted molar refractivity (Wildman–Crippen MR) is 138 cm³/mol. The zero-order valence-corrected chi connectivity index (χ0v) is 21.3. The number of rotatable bonds is 8. The van der Waals surface area contributed by atoms with Gasteiger partial charge in [-0.15, -0.1) is 0 Å². The van der Waals surface area contributed by atoms with E-state index in [1.54, 1.807) is 7.11 Å². The monoisotopic (exact) mass is 473 g/mol. The van der Waals surface area contributed by atoms with Crippen molar-refractivity contribution in [2.75, 3.05) is 33.8 Å². The van der Waals surface area contributed by atoms with Crippen molar-refractivity contribution in [1.82, 2.24) is 15.1 Å².